The molecule has 11 heteroatoms. The van der Waals surface area contributed by atoms with Gasteiger partial charge in [-0.1, -0.05) is 18.2 Å². The van der Waals surface area contributed by atoms with Crippen molar-refractivity contribution in [1.29, 1.82) is 0 Å². The Morgan fingerprint density at radius 2 is 1.58 bits per heavy atom. The van der Waals surface area contributed by atoms with Crippen molar-refractivity contribution in [3.63, 3.8) is 0 Å². The summed E-state index contributed by atoms with van der Waals surface area (Å²) in [6, 6.07) is 15.8. The average molecular weight is 469 g/mol. The molecule has 1 fully saturated rings. The molecular weight excluding hydrogens is 444 g/mol. The van der Waals surface area contributed by atoms with Crippen molar-refractivity contribution in [3.8, 4) is 11.4 Å². The van der Waals surface area contributed by atoms with Gasteiger partial charge in [-0.25, -0.2) is 18.2 Å². The number of urea groups is 1. The second kappa shape index (κ2) is 9.92. The molecule has 2 heterocycles. The van der Waals surface area contributed by atoms with Gasteiger partial charge in [0.2, 0.25) is 5.95 Å². The summed E-state index contributed by atoms with van der Waals surface area (Å²) < 4.78 is 29.0. The largest absolute Gasteiger partial charge is 0.378 e. The number of ether oxygens (including phenoxy) is 1. The molecule has 0 atom stereocenters. The maximum atomic E-state index is 12.2. The first-order chi connectivity index (χ1) is 15.9. The molecule has 0 radical (unpaired) electrons. The minimum absolute atomic E-state index is 0.188. The first-order valence-corrected chi connectivity index (χ1v) is 12.4. The lowest BCUT2D eigenvalue weighted by Crippen LogP contribution is -2.37. The summed E-state index contributed by atoms with van der Waals surface area (Å²) in [6.45, 7) is 2.32. The Kier molecular flexibility index (Phi) is 6.80. The highest BCUT2D eigenvalue weighted by Crippen LogP contribution is 2.22. The van der Waals surface area contributed by atoms with Gasteiger partial charge >= 0.3 is 6.03 Å². The number of para-hydroxylation sites is 1. The van der Waals surface area contributed by atoms with E-state index in [9.17, 15) is 13.2 Å². The molecule has 2 aromatic carbocycles. The summed E-state index contributed by atoms with van der Waals surface area (Å²) in [6.07, 6.45) is 1.14. The van der Waals surface area contributed by atoms with Crippen molar-refractivity contribution in [1.82, 2.24) is 15.0 Å². The smallest absolute Gasteiger partial charge is 0.323 e. The van der Waals surface area contributed by atoms with E-state index in [-0.39, 0.29) is 17.6 Å². The predicted molar refractivity (Wildman–Crippen MR) is 126 cm³/mol. The zero-order valence-electron chi connectivity index (χ0n) is 18.1. The van der Waals surface area contributed by atoms with Crippen molar-refractivity contribution in [2.75, 3.05) is 48.1 Å². The van der Waals surface area contributed by atoms with Gasteiger partial charge < -0.3 is 20.3 Å². The molecule has 1 saturated heterocycles. The van der Waals surface area contributed by atoms with Crippen LogP contribution in [0.2, 0.25) is 0 Å². The van der Waals surface area contributed by atoms with E-state index in [0.29, 0.717) is 55.0 Å². The molecule has 2 amide bonds. The number of nitrogens with one attached hydrogen (secondary N) is 2. The fourth-order valence-corrected chi connectivity index (χ4v) is 3.86. The van der Waals surface area contributed by atoms with Gasteiger partial charge in [-0.3, -0.25) is 0 Å². The first kappa shape index (κ1) is 22.6. The molecule has 172 valence electrons. The number of carbonyl (C=O) groups excluding carboxylic acids is 1. The Morgan fingerprint density at radius 3 is 2.21 bits per heavy atom. The number of anilines is 3. The van der Waals surface area contributed by atoms with Crippen LogP contribution in [0, 0.1) is 0 Å². The molecule has 1 aliphatic rings. The van der Waals surface area contributed by atoms with Gasteiger partial charge in [-0.05, 0) is 36.4 Å². The molecule has 0 unspecified atom stereocenters. The number of benzene rings is 2. The predicted octanol–water partition coefficient (Wildman–Crippen LogP) is 2.56. The van der Waals surface area contributed by atoms with Gasteiger partial charge in [0.25, 0.3) is 0 Å². The van der Waals surface area contributed by atoms with Gasteiger partial charge in [0.1, 0.15) is 11.6 Å². The Bertz CT molecular complexity index is 1210. The van der Waals surface area contributed by atoms with E-state index >= 15 is 0 Å². The Hall–Kier alpha value is -3.57. The van der Waals surface area contributed by atoms with Gasteiger partial charge in [0.05, 0.1) is 13.2 Å². The SMILES string of the molecule is CS(=O)(=O)Cc1nc(-c2ccc(NC(=O)Nc3ccccc3)cc2)nc(N2CCOCC2)n1. The van der Waals surface area contributed by atoms with Crippen LogP contribution < -0.4 is 15.5 Å². The maximum absolute atomic E-state index is 12.2. The van der Waals surface area contributed by atoms with Gasteiger partial charge in [0, 0.05) is 36.3 Å². The van der Waals surface area contributed by atoms with E-state index in [1.165, 1.54) is 0 Å². The number of carbonyl (C=O) groups is 1. The van der Waals surface area contributed by atoms with Crippen molar-refractivity contribution in [2.45, 2.75) is 5.75 Å². The second-order valence-corrected chi connectivity index (χ2v) is 9.71. The Balaban J connectivity index is 1.54. The van der Waals surface area contributed by atoms with Crippen LogP contribution in [0.25, 0.3) is 11.4 Å². The summed E-state index contributed by atoms with van der Waals surface area (Å²) in [5.41, 5.74) is 1.95. The van der Waals surface area contributed by atoms with Crippen LogP contribution in [0.15, 0.2) is 54.6 Å². The minimum Gasteiger partial charge on any atom is -0.378 e. The van der Waals surface area contributed by atoms with E-state index < -0.39 is 9.84 Å². The van der Waals surface area contributed by atoms with Crippen molar-refractivity contribution in [2.24, 2.45) is 0 Å². The van der Waals surface area contributed by atoms with Crippen LogP contribution in [0.5, 0.6) is 0 Å². The number of nitrogens with zero attached hydrogens (tertiary/aromatic N) is 4. The zero-order valence-corrected chi connectivity index (χ0v) is 18.9. The van der Waals surface area contributed by atoms with Crippen LogP contribution in [0.1, 0.15) is 5.82 Å². The first-order valence-electron chi connectivity index (χ1n) is 10.3. The highest BCUT2D eigenvalue weighted by atomic mass is 32.2. The lowest BCUT2D eigenvalue weighted by atomic mass is 10.2. The quantitative estimate of drug-likeness (QED) is 0.565. The third-order valence-corrected chi connectivity index (χ3v) is 5.57. The topological polar surface area (TPSA) is 126 Å². The van der Waals surface area contributed by atoms with Crippen LogP contribution in [-0.2, 0) is 20.3 Å². The zero-order chi connectivity index (χ0) is 23.3. The van der Waals surface area contributed by atoms with Crippen LogP contribution in [0.4, 0.5) is 22.1 Å². The third kappa shape index (κ3) is 6.46. The molecular formula is C22H24N6O4S. The van der Waals surface area contributed by atoms with E-state index in [4.69, 9.17) is 4.74 Å². The molecule has 3 aromatic rings. The molecule has 10 nitrogen and oxygen atoms in total. The summed E-state index contributed by atoms with van der Waals surface area (Å²) in [5.74, 6) is 0.698. The maximum Gasteiger partial charge on any atom is 0.323 e. The molecule has 2 N–H and O–H groups in total. The monoisotopic (exact) mass is 468 g/mol. The number of amides is 2. The molecule has 0 spiro atoms. The number of morpholine rings is 1. The molecule has 4 rings (SSSR count). The number of hydrogen-bond donors (Lipinski definition) is 2. The summed E-state index contributed by atoms with van der Waals surface area (Å²) in [5, 5.41) is 5.52. The van der Waals surface area contributed by atoms with E-state index in [2.05, 4.69) is 25.6 Å². The second-order valence-electron chi connectivity index (χ2n) is 7.57. The third-order valence-electron chi connectivity index (χ3n) is 4.79. The number of sulfone groups is 1. The van der Waals surface area contributed by atoms with E-state index in [1.54, 1.807) is 36.4 Å². The van der Waals surface area contributed by atoms with Gasteiger partial charge in [-0.2, -0.15) is 9.97 Å². The van der Waals surface area contributed by atoms with Crippen molar-refractivity contribution >= 4 is 33.2 Å². The van der Waals surface area contributed by atoms with Crippen molar-refractivity contribution in [3.05, 3.63) is 60.4 Å². The van der Waals surface area contributed by atoms with Crippen molar-refractivity contribution < 1.29 is 17.9 Å². The fraction of sp³-hybridized carbons (Fsp3) is 0.273. The molecule has 0 aliphatic carbocycles. The van der Waals surface area contributed by atoms with Crippen LogP contribution >= 0.6 is 0 Å². The Labute approximate surface area is 192 Å². The molecule has 1 aromatic heterocycles. The summed E-state index contributed by atoms with van der Waals surface area (Å²) in [4.78, 5) is 27.5. The van der Waals surface area contributed by atoms with Gasteiger partial charge in [0.15, 0.2) is 15.7 Å². The standard InChI is InChI=1S/C22H24N6O4S/c1-33(30,31)15-19-25-20(27-21(26-19)28-11-13-32-14-12-28)16-7-9-18(10-8-16)24-22(29)23-17-5-3-2-4-6-17/h2-10H,11-15H2,1H3,(H2,23,24,29). The molecule has 1 aliphatic heterocycles. The van der Waals surface area contributed by atoms with E-state index in [0.717, 1.165) is 6.26 Å². The molecule has 0 saturated carbocycles. The lowest BCUT2D eigenvalue weighted by molar-refractivity contribution is 0.122. The minimum atomic E-state index is -3.32. The number of hydrogen-bond acceptors (Lipinski definition) is 8. The van der Waals surface area contributed by atoms with E-state index in [1.807, 2.05) is 23.1 Å². The van der Waals surface area contributed by atoms with Crippen LogP contribution in [0.3, 0.4) is 0 Å². The summed E-state index contributed by atoms with van der Waals surface area (Å²) >= 11 is 0. The molecule has 0 bridgehead atoms. The fourth-order valence-electron chi connectivity index (χ4n) is 3.26. The lowest BCUT2D eigenvalue weighted by Gasteiger charge is -2.27. The highest BCUT2D eigenvalue weighted by Gasteiger charge is 2.19. The number of rotatable bonds is 6. The Morgan fingerprint density at radius 1 is 0.939 bits per heavy atom. The average Bonchev–Trinajstić information content (AvgIpc) is 2.79. The molecule has 33 heavy (non-hydrogen) atoms. The highest BCUT2D eigenvalue weighted by molar-refractivity contribution is 7.89. The number of aromatic nitrogens is 3. The summed E-state index contributed by atoms with van der Waals surface area (Å²) in [7, 11) is -3.32. The normalized spacial score (nSPS) is 14.0. The van der Waals surface area contributed by atoms with Crippen LogP contribution in [-0.4, -0.2) is 62.0 Å². The van der Waals surface area contributed by atoms with Gasteiger partial charge in [-0.15, -0.1) is 0 Å².